The van der Waals surface area contributed by atoms with Crippen LogP contribution in [-0.2, 0) is 14.6 Å². The van der Waals surface area contributed by atoms with Gasteiger partial charge in [-0.05, 0) is 53.8 Å². The van der Waals surface area contributed by atoms with Crippen LogP contribution in [0.15, 0.2) is 59.8 Å². The quantitative estimate of drug-likeness (QED) is 0.507. The highest BCUT2D eigenvalue weighted by Crippen LogP contribution is 2.33. The molecular weight excluding hydrogens is 418 g/mol. The van der Waals surface area contributed by atoms with Gasteiger partial charge in [0.25, 0.3) is 0 Å². The molecule has 0 amide bonds. The van der Waals surface area contributed by atoms with Gasteiger partial charge in [-0.25, -0.2) is 8.42 Å². The van der Waals surface area contributed by atoms with Crippen LogP contribution >= 0.6 is 0 Å². The van der Waals surface area contributed by atoms with Gasteiger partial charge in [0.2, 0.25) is 0 Å². The molecule has 2 aromatic rings. The van der Waals surface area contributed by atoms with Crippen molar-refractivity contribution in [3.63, 3.8) is 0 Å². The Bertz CT molecular complexity index is 1060. The predicted molar refractivity (Wildman–Crippen MR) is 119 cm³/mol. The smallest absolute Gasteiger partial charge is 0.163 e. The number of pyridine rings is 1. The molecule has 2 atom stereocenters. The Kier molecular flexibility index (Phi) is 7.61. The van der Waals surface area contributed by atoms with E-state index in [9.17, 15) is 23.7 Å². The number of hydrogen-bond acceptors (Lipinski definition) is 7. The summed E-state index contributed by atoms with van der Waals surface area (Å²) in [5.74, 6) is -0.0944. The van der Waals surface area contributed by atoms with Crippen LogP contribution in [0.5, 0.6) is 5.75 Å². The Morgan fingerprint density at radius 2 is 2.00 bits per heavy atom. The summed E-state index contributed by atoms with van der Waals surface area (Å²) >= 11 is 0. The second-order valence-electron chi connectivity index (χ2n) is 7.47. The monoisotopic (exact) mass is 445 g/mol. The van der Waals surface area contributed by atoms with E-state index in [0.717, 1.165) is 5.57 Å². The molecule has 3 rings (SSSR count). The summed E-state index contributed by atoms with van der Waals surface area (Å²) in [6, 6.07) is 12.4. The summed E-state index contributed by atoms with van der Waals surface area (Å²) in [6.07, 6.45) is 3.02. The number of allylic oxidation sites excluding steroid dienone is 1. The van der Waals surface area contributed by atoms with E-state index in [0.29, 0.717) is 28.8 Å². The third-order valence-electron chi connectivity index (χ3n) is 5.35. The zero-order chi connectivity index (χ0) is 22.4. The maximum atomic E-state index is 12.4. The minimum atomic E-state index is -3.57. The molecule has 0 fully saturated rings. The van der Waals surface area contributed by atoms with E-state index in [2.05, 4.69) is 4.98 Å². The first-order valence-corrected chi connectivity index (χ1v) is 11.7. The average molecular weight is 446 g/mol. The molecule has 1 aromatic carbocycles. The number of para-hydroxylation sites is 1. The normalized spacial score (nSPS) is 19.6. The van der Waals surface area contributed by atoms with Crippen LogP contribution in [-0.4, -0.2) is 66.2 Å². The number of hydrogen-bond donors (Lipinski definition) is 3. The van der Waals surface area contributed by atoms with Crippen molar-refractivity contribution in [2.75, 3.05) is 26.1 Å². The first-order chi connectivity index (χ1) is 14.9. The topological polar surface area (TPSA) is 117 Å². The van der Waals surface area contributed by atoms with Crippen LogP contribution < -0.4 is 0 Å². The maximum Gasteiger partial charge on any atom is 0.163 e. The third-order valence-corrected chi connectivity index (χ3v) is 7.38. The van der Waals surface area contributed by atoms with Gasteiger partial charge in [0.05, 0.1) is 30.8 Å². The Labute approximate surface area is 182 Å². The molecule has 0 aliphatic carbocycles. The molecule has 1 aromatic heterocycles. The number of rotatable bonds is 9. The van der Waals surface area contributed by atoms with E-state index < -0.39 is 27.8 Å². The van der Waals surface area contributed by atoms with Crippen LogP contribution in [0.3, 0.4) is 0 Å². The number of aromatic nitrogens is 1. The molecule has 2 heterocycles. The minimum absolute atomic E-state index is 0.0863. The number of methoxy groups -OCH3 is 1. The van der Waals surface area contributed by atoms with Crippen LogP contribution in [0.1, 0.15) is 24.1 Å². The Balaban J connectivity index is 1.89. The highest BCUT2D eigenvalue weighted by Gasteiger charge is 2.41. The number of benzene rings is 1. The fraction of sp³-hybridized carbons (Fsp3) is 0.348. The van der Waals surface area contributed by atoms with E-state index in [1.807, 2.05) is 24.3 Å². The number of aliphatic hydroxyl groups is 2. The Hall–Kier alpha value is -2.52. The summed E-state index contributed by atoms with van der Waals surface area (Å²) in [5, 5.41) is 29.6. The van der Waals surface area contributed by atoms with Crippen LogP contribution in [0, 0.1) is 0 Å². The van der Waals surface area contributed by atoms with Crippen molar-refractivity contribution in [3.05, 3.63) is 71.1 Å². The lowest BCUT2D eigenvalue weighted by Crippen LogP contribution is -2.29. The van der Waals surface area contributed by atoms with Crippen molar-refractivity contribution in [2.24, 2.45) is 0 Å². The highest BCUT2D eigenvalue weighted by molar-refractivity contribution is 7.92. The van der Waals surface area contributed by atoms with E-state index in [1.165, 1.54) is 7.11 Å². The molecule has 31 heavy (non-hydrogen) atoms. The second kappa shape index (κ2) is 10.2. The lowest BCUT2D eigenvalue weighted by Gasteiger charge is -2.19. The molecule has 1 aliphatic heterocycles. The summed E-state index contributed by atoms with van der Waals surface area (Å²) in [4.78, 5) is 4.38. The van der Waals surface area contributed by atoms with Gasteiger partial charge < -0.3 is 20.1 Å². The fourth-order valence-electron chi connectivity index (χ4n) is 3.88. The summed E-state index contributed by atoms with van der Waals surface area (Å²) < 4.78 is 29.9. The van der Waals surface area contributed by atoms with Gasteiger partial charge in [-0.1, -0.05) is 24.3 Å². The lowest BCUT2D eigenvalue weighted by molar-refractivity contribution is 0.184. The second-order valence-corrected chi connectivity index (χ2v) is 9.65. The number of phenolic OH excluding ortho intramolecular Hbond substituents is 1. The summed E-state index contributed by atoms with van der Waals surface area (Å²) in [5.41, 5.74) is 2.93. The number of nitrogens with zero attached hydrogens (tertiary/aromatic N) is 1. The lowest BCUT2D eigenvalue weighted by atomic mass is 9.94. The third kappa shape index (κ3) is 5.40. The van der Waals surface area contributed by atoms with Crippen molar-refractivity contribution in [1.82, 2.24) is 4.98 Å². The number of phenols is 1. The van der Waals surface area contributed by atoms with Gasteiger partial charge in [-0.15, -0.1) is 0 Å². The number of aromatic hydroxyl groups is 1. The van der Waals surface area contributed by atoms with E-state index in [-0.39, 0.29) is 24.5 Å². The van der Waals surface area contributed by atoms with Gasteiger partial charge in [0.15, 0.2) is 9.84 Å². The molecule has 0 bridgehead atoms. The molecule has 0 spiro atoms. The number of aliphatic hydroxyl groups excluding tert-OH is 2. The highest BCUT2D eigenvalue weighted by atomic mass is 32.2. The van der Waals surface area contributed by atoms with Crippen LogP contribution in [0.25, 0.3) is 11.6 Å². The van der Waals surface area contributed by atoms with Crippen molar-refractivity contribution >= 4 is 21.5 Å². The molecule has 0 saturated heterocycles. The molecule has 3 N–H and O–H groups in total. The van der Waals surface area contributed by atoms with Crippen LogP contribution in [0.2, 0.25) is 0 Å². The molecule has 7 nitrogen and oxygen atoms in total. The molecule has 0 unspecified atom stereocenters. The zero-order valence-corrected chi connectivity index (χ0v) is 18.1. The molecular formula is C23H27NO6S. The molecule has 8 heteroatoms. The number of ether oxygens (including phenoxy) is 1. The number of sulfone groups is 1. The minimum Gasteiger partial charge on any atom is -0.507 e. The van der Waals surface area contributed by atoms with Crippen molar-refractivity contribution in [1.29, 1.82) is 0 Å². The van der Waals surface area contributed by atoms with Gasteiger partial charge >= 0.3 is 0 Å². The van der Waals surface area contributed by atoms with Gasteiger partial charge in [0.1, 0.15) is 11.0 Å². The maximum absolute atomic E-state index is 12.4. The standard InChI is InChI=1S/C23H27NO6S/c1-30-14-18-15-31(28,29)22(13-25)23(18)21(27)10-9-16(19-7-4-5-11-24-19)12-17-6-2-3-8-20(17)26/h2-8,11-12,21-22,25-27H,9-10,13-15H2,1H3/b16-12-/t21-,22+/m1/s1. The SMILES string of the molecule is COCC1=C([C@H](O)CC/C(=C/c2ccccc2O)c2ccccn2)[C@H](CO)S(=O)(=O)C1. The Morgan fingerprint density at radius 3 is 2.65 bits per heavy atom. The fourth-order valence-corrected chi connectivity index (χ4v) is 5.76. The summed E-state index contributed by atoms with van der Waals surface area (Å²) in [7, 11) is -2.11. The van der Waals surface area contributed by atoms with E-state index in [4.69, 9.17) is 4.74 Å². The van der Waals surface area contributed by atoms with Gasteiger partial charge in [-0.3, -0.25) is 4.98 Å². The first kappa shape index (κ1) is 23.1. The molecule has 0 radical (unpaired) electrons. The van der Waals surface area contributed by atoms with Gasteiger partial charge in [0, 0.05) is 18.9 Å². The Morgan fingerprint density at radius 1 is 1.26 bits per heavy atom. The van der Waals surface area contributed by atoms with E-state index >= 15 is 0 Å². The van der Waals surface area contributed by atoms with Crippen LogP contribution in [0.4, 0.5) is 0 Å². The predicted octanol–water partition coefficient (Wildman–Crippen LogP) is 2.20. The molecule has 0 saturated carbocycles. The largest absolute Gasteiger partial charge is 0.507 e. The van der Waals surface area contributed by atoms with E-state index in [1.54, 1.807) is 30.5 Å². The van der Waals surface area contributed by atoms with Crippen molar-refractivity contribution in [2.45, 2.75) is 24.2 Å². The van der Waals surface area contributed by atoms with Crippen molar-refractivity contribution in [3.8, 4) is 5.75 Å². The van der Waals surface area contributed by atoms with Gasteiger partial charge in [-0.2, -0.15) is 0 Å². The molecule has 166 valence electrons. The van der Waals surface area contributed by atoms with Crippen molar-refractivity contribution < 1.29 is 28.5 Å². The average Bonchev–Trinajstić information content (AvgIpc) is 3.02. The zero-order valence-electron chi connectivity index (χ0n) is 17.3. The molecule has 1 aliphatic rings. The first-order valence-electron chi connectivity index (χ1n) is 9.98. The summed E-state index contributed by atoms with van der Waals surface area (Å²) in [6.45, 7) is -0.494.